The zero-order valence-electron chi connectivity index (χ0n) is 17.6. The van der Waals surface area contributed by atoms with Gasteiger partial charge in [-0.05, 0) is 36.2 Å². The highest BCUT2D eigenvalue weighted by molar-refractivity contribution is 5.93. The van der Waals surface area contributed by atoms with Crippen LogP contribution in [0, 0.1) is 18.3 Å². The molecule has 2 heterocycles. The molecule has 2 aromatic heterocycles. The zero-order valence-corrected chi connectivity index (χ0v) is 17.6. The molecular weight excluding hydrogens is 380 g/mol. The Morgan fingerprint density at radius 3 is 2.60 bits per heavy atom. The molecule has 0 aliphatic carbocycles. The van der Waals surface area contributed by atoms with Crippen LogP contribution in [0.15, 0.2) is 36.7 Å². The molecule has 3 aromatic rings. The van der Waals surface area contributed by atoms with Crippen LogP contribution >= 0.6 is 0 Å². The predicted molar refractivity (Wildman–Crippen MR) is 116 cm³/mol. The number of aromatic hydroxyl groups is 1. The van der Waals surface area contributed by atoms with Crippen LogP contribution in [-0.2, 0) is 6.54 Å². The van der Waals surface area contributed by atoms with Crippen LogP contribution in [-0.4, -0.2) is 32.8 Å². The Bertz CT molecular complexity index is 1080. The van der Waals surface area contributed by atoms with Crippen molar-refractivity contribution < 1.29 is 9.90 Å². The van der Waals surface area contributed by atoms with E-state index in [0.29, 0.717) is 29.1 Å². The van der Waals surface area contributed by atoms with Gasteiger partial charge in [-0.3, -0.25) is 14.5 Å². The average Bonchev–Trinajstić information content (AvgIpc) is 3.01. The summed E-state index contributed by atoms with van der Waals surface area (Å²) in [5.74, 6) is -0.00847. The number of benzene rings is 1. The first-order valence-corrected chi connectivity index (χ1v) is 9.58. The Morgan fingerprint density at radius 2 is 2.00 bits per heavy atom. The third-order valence-corrected chi connectivity index (χ3v) is 4.26. The molecule has 0 aliphatic rings. The molecule has 0 saturated carbocycles. The Balaban J connectivity index is 0.00000101. The fourth-order valence-corrected chi connectivity index (χ4v) is 2.88. The molecule has 156 valence electrons. The average molecular weight is 406 g/mol. The van der Waals surface area contributed by atoms with Gasteiger partial charge in [0, 0.05) is 30.7 Å². The number of hydrogen-bond acceptors (Lipinski definition) is 6. The smallest absolute Gasteiger partial charge is 0.252 e. The summed E-state index contributed by atoms with van der Waals surface area (Å²) >= 11 is 0. The number of nitriles is 1. The molecule has 8 heteroatoms. The van der Waals surface area contributed by atoms with Gasteiger partial charge in [0.2, 0.25) is 0 Å². The van der Waals surface area contributed by atoms with E-state index in [4.69, 9.17) is 11.0 Å². The van der Waals surface area contributed by atoms with E-state index in [1.807, 2.05) is 13.0 Å². The fourth-order valence-electron chi connectivity index (χ4n) is 2.88. The second-order valence-electron chi connectivity index (χ2n) is 6.72. The lowest BCUT2D eigenvalue weighted by Gasteiger charge is -2.07. The molecule has 30 heavy (non-hydrogen) atoms. The van der Waals surface area contributed by atoms with Crippen molar-refractivity contribution in [1.29, 1.82) is 5.26 Å². The number of carbonyl (C=O) groups excluding carboxylic acids is 1. The highest BCUT2D eigenvalue weighted by atomic mass is 16.3. The van der Waals surface area contributed by atoms with Crippen molar-refractivity contribution in [3.05, 3.63) is 59.0 Å². The molecule has 8 nitrogen and oxygen atoms in total. The first-order chi connectivity index (χ1) is 14.4. The Hall–Kier alpha value is -3.86. The van der Waals surface area contributed by atoms with Crippen LogP contribution < -0.4 is 11.1 Å². The van der Waals surface area contributed by atoms with E-state index in [2.05, 4.69) is 29.2 Å². The summed E-state index contributed by atoms with van der Waals surface area (Å²) in [6, 6.07) is 8.42. The zero-order chi connectivity index (χ0) is 22.3. The Labute approximate surface area is 176 Å². The van der Waals surface area contributed by atoms with Crippen molar-refractivity contribution in [1.82, 2.24) is 20.1 Å². The number of nitrogens with zero attached hydrogens (tertiary/aromatic N) is 4. The molecule has 1 aromatic carbocycles. The maximum absolute atomic E-state index is 11.8. The van der Waals surface area contributed by atoms with Crippen molar-refractivity contribution in [2.75, 3.05) is 12.8 Å². The number of aromatic nitrogens is 3. The number of phenols is 1. The third-order valence-electron chi connectivity index (χ3n) is 4.26. The Kier molecular flexibility index (Phi) is 7.53. The summed E-state index contributed by atoms with van der Waals surface area (Å²) < 4.78 is 1.71. The van der Waals surface area contributed by atoms with Crippen molar-refractivity contribution in [2.24, 2.45) is 0 Å². The summed E-state index contributed by atoms with van der Waals surface area (Å²) in [6.45, 7) is 6.50. The lowest BCUT2D eigenvalue weighted by atomic mass is 10.0. The second kappa shape index (κ2) is 10.1. The third kappa shape index (κ3) is 4.94. The number of nitrogens with one attached hydrogen (secondary N) is 1. The van der Waals surface area contributed by atoms with Gasteiger partial charge < -0.3 is 16.2 Å². The summed E-state index contributed by atoms with van der Waals surface area (Å²) in [6.07, 6.45) is 4.41. The normalized spacial score (nSPS) is 9.97. The summed E-state index contributed by atoms with van der Waals surface area (Å²) in [5, 5.41) is 25.8. The lowest BCUT2D eigenvalue weighted by Crippen LogP contribution is -2.18. The van der Waals surface area contributed by atoms with E-state index in [-0.39, 0.29) is 17.2 Å². The number of hydrogen-bond donors (Lipinski definition) is 3. The molecule has 3 rings (SSSR count). The van der Waals surface area contributed by atoms with E-state index >= 15 is 0 Å². The van der Waals surface area contributed by atoms with Gasteiger partial charge in [0.1, 0.15) is 11.8 Å². The maximum Gasteiger partial charge on any atom is 0.252 e. The molecule has 0 saturated heterocycles. The summed E-state index contributed by atoms with van der Waals surface area (Å²) in [7, 11) is 1.56. The molecule has 0 bridgehead atoms. The number of phenolic OH excluding ortho intramolecular Hbond substituents is 1. The number of amides is 1. The number of pyridine rings is 1. The molecule has 0 fully saturated rings. The molecule has 0 radical (unpaired) electrons. The molecule has 0 unspecified atom stereocenters. The fraction of sp³-hybridized carbons (Fsp3) is 0.273. The first kappa shape index (κ1) is 22.4. The monoisotopic (exact) mass is 406 g/mol. The second-order valence-corrected chi connectivity index (χ2v) is 6.72. The molecule has 0 atom stereocenters. The van der Waals surface area contributed by atoms with Crippen LogP contribution in [0.4, 0.5) is 5.82 Å². The number of carbonyl (C=O) groups is 1. The summed E-state index contributed by atoms with van der Waals surface area (Å²) in [5.41, 5.74) is 9.70. The van der Waals surface area contributed by atoms with Crippen molar-refractivity contribution >= 4 is 11.7 Å². The van der Waals surface area contributed by atoms with E-state index in [9.17, 15) is 9.90 Å². The molecule has 0 aliphatic heterocycles. The number of nitrogens with two attached hydrogens (primary N) is 1. The molecule has 4 N–H and O–H groups in total. The van der Waals surface area contributed by atoms with Crippen LogP contribution in [0.5, 0.6) is 5.75 Å². The maximum atomic E-state index is 11.8. The van der Waals surface area contributed by atoms with E-state index in [1.54, 1.807) is 30.1 Å². The van der Waals surface area contributed by atoms with E-state index in [1.165, 1.54) is 24.8 Å². The van der Waals surface area contributed by atoms with Gasteiger partial charge in [0.25, 0.3) is 5.91 Å². The molecule has 0 spiro atoms. The number of anilines is 1. The van der Waals surface area contributed by atoms with Crippen LogP contribution in [0.1, 0.15) is 47.4 Å². The Morgan fingerprint density at radius 1 is 1.30 bits per heavy atom. The van der Waals surface area contributed by atoms with Gasteiger partial charge in [-0.2, -0.15) is 10.4 Å². The number of nitrogen functional groups attached to an aromatic ring is 1. The van der Waals surface area contributed by atoms with E-state index < -0.39 is 0 Å². The largest absolute Gasteiger partial charge is 0.507 e. The molecule has 1 amide bonds. The van der Waals surface area contributed by atoms with Crippen molar-refractivity contribution in [3.63, 3.8) is 0 Å². The van der Waals surface area contributed by atoms with Crippen LogP contribution in [0.25, 0.3) is 11.1 Å². The van der Waals surface area contributed by atoms with E-state index in [0.717, 1.165) is 11.3 Å². The summed E-state index contributed by atoms with van der Waals surface area (Å²) in [4.78, 5) is 15.9. The lowest BCUT2D eigenvalue weighted by molar-refractivity contribution is 0.0962. The standard InChI is InChI=1S/C19H18N6O2.C3H8/c1-11-17(13-3-4-14(7-20)16(26)6-13)18(21)24-25(11)10-12-5-15(9-23-8-12)19(27)22-2;1-3-2/h3-6,8-9,26H,10H2,1-2H3,(H2,21,24)(H,22,27);3H2,1-2H3. The van der Waals surface area contributed by atoms with Crippen LogP contribution in [0.3, 0.4) is 0 Å². The van der Waals surface area contributed by atoms with Gasteiger partial charge >= 0.3 is 0 Å². The minimum atomic E-state index is -0.213. The highest BCUT2D eigenvalue weighted by Crippen LogP contribution is 2.32. The van der Waals surface area contributed by atoms with Crippen molar-refractivity contribution in [3.8, 4) is 22.9 Å². The number of rotatable bonds is 4. The minimum absolute atomic E-state index is 0.107. The van der Waals surface area contributed by atoms with Gasteiger partial charge in [0.15, 0.2) is 5.82 Å². The quantitative estimate of drug-likeness (QED) is 0.610. The minimum Gasteiger partial charge on any atom is -0.507 e. The SMILES string of the molecule is CCC.CNC(=O)c1cncc(Cn2nc(N)c(-c3ccc(C#N)c(O)c3)c2C)c1. The van der Waals surface area contributed by atoms with Gasteiger partial charge in [0.05, 0.1) is 17.7 Å². The first-order valence-electron chi connectivity index (χ1n) is 9.58. The van der Waals surface area contributed by atoms with Gasteiger partial charge in [-0.25, -0.2) is 0 Å². The topological polar surface area (TPSA) is 130 Å². The molecular formula is C22H26N6O2. The highest BCUT2D eigenvalue weighted by Gasteiger charge is 2.16. The van der Waals surface area contributed by atoms with Gasteiger partial charge in [-0.1, -0.05) is 26.3 Å². The van der Waals surface area contributed by atoms with Gasteiger partial charge in [-0.15, -0.1) is 0 Å². The van der Waals surface area contributed by atoms with Crippen LogP contribution in [0.2, 0.25) is 0 Å². The predicted octanol–water partition coefficient (Wildman–Crippen LogP) is 3.24. The van der Waals surface area contributed by atoms with Crippen molar-refractivity contribution in [2.45, 2.75) is 33.7 Å².